The standard InChI is InChI=1S/C18H32/c1-7-12(3)17-14(5)10-16-9-11(2)8-13(4)18(16)15(17)6/h10-13,15-18H,7-9H2,1-6H3. The van der Waals surface area contributed by atoms with Gasteiger partial charge in [0.05, 0.1) is 0 Å². The van der Waals surface area contributed by atoms with Gasteiger partial charge in [0.15, 0.2) is 0 Å². The quantitative estimate of drug-likeness (QED) is 0.563. The normalized spacial score (nSPS) is 46.2. The van der Waals surface area contributed by atoms with Crippen molar-refractivity contribution in [1.29, 1.82) is 0 Å². The molecule has 2 aliphatic carbocycles. The maximum absolute atomic E-state index is 2.66. The minimum Gasteiger partial charge on any atom is -0.0819 e. The highest BCUT2D eigenvalue weighted by Crippen LogP contribution is 2.51. The van der Waals surface area contributed by atoms with Crippen LogP contribution >= 0.6 is 0 Å². The third kappa shape index (κ3) is 2.40. The van der Waals surface area contributed by atoms with Gasteiger partial charge in [-0.3, -0.25) is 0 Å². The Morgan fingerprint density at radius 2 is 1.89 bits per heavy atom. The van der Waals surface area contributed by atoms with Crippen molar-refractivity contribution in [3.05, 3.63) is 11.6 Å². The number of allylic oxidation sites excluding steroid dienone is 2. The monoisotopic (exact) mass is 248 g/mol. The van der Waals surface area contributed by atoms with E-state index >= 15 is 0 Å². The van der Waals surface area contributed by atoms with Crippen LogP contribution < -0.4 is 0 Å². The summed E-state index contributed by atoms with van der Waals surface area (Å²) in [6.07, 6.45) is 6.87. The summed E-state index contributed by atoms with van der Waals surface area (Å²) in [7, 11) is 0. The van der Waals surface area contributed by atoms with E-state index in [2.05, 4.69) is 47.6 Å². The molecule has 0 heterocycles. The highest BCUT2D eigenvalue weighted by molar-refractivity contribution is 5.16. The second kappa shape index (κ2) is 5.39. The Labute approximate surface area is 114 Å². The predicted molar refractivity (Wildman–Crippen MR) is 80.4 cm³/mol. The Bertz CT molecular complexity index is 314. The molecular formula is C18H32. The molecule has 0 heteroatoms. The third-order valence-electron chi connectivity index (χ3n) is 6.03. The van der Waals surface area contributed by atoms with Gasteiger partial charge in [0.25, 0.3) is 0 Å². The summed E-state index contributed by atoms with van der Waals surface area (Å²) in [5, 5.41) is 0. The van der Waals surface area contributed by atoms with Crippen molar-refractivity contribution in [2.45, 2.75) is 60.8 Å². The molecule has 0 aromatic carbocycles. The summed E-state index contributed by atoms with van der Waals surface area (Å²) < 4.78 is 0. The SMILES string of the molecule is CCC(C)C1C(C)=CC2CC(C)CC(C)C2C1C. The van der Waals surface area contributed by atoms with Gasteiger partial charge in [-0.1, -0.05) is 52.7 Å². The van der Waals surface area contributed by atoms with Gasteiger partial charge in [-0.25, -0.2) is 0 Å². The van der Waals surface area contributed by atoms with Crippen LogP contribution in [0, 0.1) is 41.4 Å². The van der Waals surface area contributed by atoms with Crippen molar-refractivity contribution in [2.24, 2.45) is 41.4 Å². The average molecular weight is 248 g/mol. The van der Waals surface area contributed by atoms with Gasteiger partial charge in [-0.2, -0.15) is 0 Å². The van der Waals surface area contributed by atoms with Gasteiger partial charge in [0, 0.05) is 0 Å². The van der Waals surface area contributed by atoms with Gasteiger partial charge in [-0.05, 0) is 61.2 Å². The van der Waals surface area contributed by atoms with E-state index in [0.717, 1.165) is 41.4 Å². The molecule has 1 saturated carbocycles. The molecule has 0 aromatic rings. The Morgan fingerprint density at radius 3 is 2.50 bits per heavy atom. The molecule has 0 bridgehead atoms. The molecule has 0 radical (unpaired) electrons. The van der Waals surface area contributed by atoms with E-state index in [1.807, 2.05) is 0 Å². The van der Waals surface area contributed by atoms with Gasteiger partial charge in [-0.15, -0.1) is 0 Å². The molecule has 0 aromatic heterocycles. The Balaban J connectivity index is 2.27. The highest BCUT2D eigenvalue weighted by Gasteiger charge is 2.43. The van der Waals surface area contributed by atoms with E-state index in [1.165, 1.54) is 19.3 Å². The van der Waals surface area contributed by atoms with E-state index in [0.29, 0.717) is 0 Å². The van der Waals surface area contributed by atoms with E-state index in [9.17, 15) is 0 Å². The maximum atomic E-state index is 2.66. The van der Waals surface area contributed by atoms with Crippen molar-refractivity contribution >= 4 is 0 Å². The molecule has 18 heavy (non-hydrogen) atoms. The highest BCUT2D eigenvalue weighted by atomic mass is 14.5. The third-order valence-corrected chi connectivity index (χ3v) is 6.03. The lowest BCUT2D eigenvalue weighted by atomic mass is 9.56. The molecule has 2 rings (SSSR count). The maximum Gasteiger partial charge on any atom is -0.0152 e. The van der Waals surface area contributed by atoms with Crippen LogP contribution in [0.4, 0.5) is 0 Å². The van der Waals surface area contributed by atoms with Crippen molar-refractivity contribution < 1.29 is 0 Å². The fourth-order valence-corrected chi connectivity index (χ4v) is 5.34. The van der Waals surface area contributed by atoms with E-state index in [-0.39, 0.29) is 0 Å². The zero-order valence-corrected chi connectivity index (χ0v) is 13.2. The second-order valence-electron chi connectivity index (χ2n) is 7.48. The first-order chi connectivity index (χ1) is 8.45. The molecule has 0 nitrogen and oxygen atoms in total. The molecule has 0 aliphatic heterocycles. The van der Waals surface area contributed by atoms with Crippen molar-refractivity contribution in [3.63, 3.8) is 0 Å². The van der Waals surface area contributed by atoms with Crippen LogP contribution in [-0.4, -0.2) is 0 Å². The van der Waals surface area contributed by atoms with Crippen LogP contribution in [0.2, 0.25) is 0 Å². The Hall–Kier alpha value is -0.260. The molecule has 2 aliphatic rings. The molecule has 7 atom stereocenters. The molecule has 1 fully saturated rings. The zero-order valence-electron chi connectivity index (χ0n) is 13.2. The lowest BCUT2D eigenvalue weighted by Crippen LogP contribution is -2.41. The number of rotatable bonds is 2. The molecule has 7 unspecified atom stereocenters. The topological polar surface area (TPSA) is 0 Å². The lowest BCUT2D eigenvalue weighted by molar-refractivity contribution is 0.0541. The number of hydrogen-bond acceptors (Lipinski definition) is 0. The molecule has 0 saturated heterocycles. The molecule has 0 spiro atoms. The summed E-state index contributed by atoms with van der Waals surface area (Å²) in [6.45, 7) is 14.7. The van der Waals surface area contributed by atoms with Crippen LogP contribution in [0.5, 0.6) is 0 Å². The van der Waals surface area contributed by atoms with Crippen LogP contribution in [0.3, 0.4) is 0 Å². The lowest BCUT2D eigenvalue weighted by Gasteiger charge is -2.49. The molecule has 104 valence electrons. The second-order valence-corrected chi connectivity index (χ2v) is 7.48. The summed E-state index contributed by atoms with van der Waals surface area (Å²) in [5.41, 5.74) is 1.69. The number of hydrogen-bond donors (Lipinski definition) is 0. The first-order valence-corrected chi connectivity index (χ1v) is 8.14. The zero-order chi connectivity index (χ0) is 13.4. The van der Waals surface area contributed by atoms with Gasteiger partial charge in [0.2, 0.25) is 0 Å². The van der Waals surface area contributed by atoms with Crippen molar-refractivity contribution in [2.75, 3.05) is 0 Å². The summed E-state index contributed by atoms with van der Waals surface area (Å²) in [6, 6.07) is 0. The van der Waals surface area contributed by atoms with Crippen LogP contribution in [0.25, 0.3) is 0 Å². The predicted octanol–water partition coefficient (Wildman–Crippen LogP) is 5.54. The van der Waals surface area contributed by atoms with Crippen molar-refractivity contribution in [1.82, 2.24) is 0 Å². The van der Waals surface area contributed by atoms with Gasteiger partial charge in [0.1, 0.15) is 0 Å². The summed E-state index contributed by atoms with van der Waals surface area (Å²) >= 11 is 0. The van der Waals surface area contributed by atoms with Gasteiger partial charge >= 0.3 is 0 Å². The van der Waals surface area contributed by atoms with Crippen LogP contribution in [0.1, 0.15) is 60.8 Å². The van der Waals surface area contributed by atoms with Gasteiger partial charge < -0.3 is 0 Å². The summed E-state index contributed by atoms with van der Waals surface area (Å²) in [4.78, 5) is 0. The first kappa shape index (κ1) is 14.2. The minimum atomic E-state index is 0.840. The van der Waals surface area contributed by atoms with Crippen molar-refractivity contribution in [3.8, 4) is 0 Å². The van der Waals surface area contributed by atoms with Crippen LogP contribution in [0.15, 0.2) is 11.6 Å². The summed E-state index contributed by atoms with van der Waals surface area (Å²) in [5.74, 6) is 6.25. The van der Waals surface area contributed by atoms with E-state index in [4.69, 9.17) is 0 Å². The smallest absolute Gasteiger partial charge is 0.0152 e. The molecule has 0 N–H and O–H groups in total. The molecule has 0 amide bonds. The Kier molecular flexibility index (Phi) is 4.24. The number of fused-ring (bicyclic) bond motifs is 1. The fourth-order valence-electron chi connectivity index (χ4n) is 5.34. The first-order valence-electron chi connectivity index (χ1n) is 8.14. The van der Waals surface area contributed by atoms with E-state index < -0.39 is 0 Å². The largest absolute Gasteiger partial charge is 0.0819 e. The Morgan fingerprint density at radius 1 is 1.22 bits per heavy atom. The van der Waals surface area contributed by atoms with E-state index in [1.54, 1.807) is 5.57 Å². The molecular weight excluding hydrogens is 216 g/mol. The van der Waals surface area contributed by atoms with Crippen LogP contribution in [-0.2, 0) is 0 Å². The average Bonchev–Trinajstić information content (AvgIpc) is 2.26. The minimum absolute atomic E-state index is 0.840. The fraction of sp³-hybridized carbons (Fsp3) is 0.889.